The Bertz CT molecular complexity index is 1020. The van der Waals surface area contributed by atoms with E-state index in [0.717, 1.165) is 5.56 Å². The Morgan fingerprint density at radius 3 is 2.53 bits per heavy atom. The molecule has 0 aliphatic carbocycles. The number of hydrogen-bond acceptors (Lipinski definition) is 6. The van der Waals surface area contributed by atoms with Crippen molar-refractivity contribution in [1.29, 1.82) is 0 Å². The summed E-state index contributed by atoms with van der Waals surface area (Å²) in [5.74, 6) is -0.734. The number of benzene rings is 2. The van der Waals surface area contributed by atoms with Crippen LogP contribution in [0.4, 0.5) is 13.2 Å². The first-order chi connectivity index (χ1) is 15.2. The van der Waals surface area contributed by atoms with E-state index in [4.69, 9.17) is 25.6 Å². The summed E-state index contributed by atoms with van der Waals surface area (Å²) in [6.07, 6.45) is -3.33. The van der Waals surface area contributed by atoms with Gasteiger partial charge in [0.25, 0.3) is 0 Å². The first-order valence-corrected chi connectivity index (χ1v) is 9.95. The van der Waals surface area contributed by atoms with Crippen LogP contribution in [0.3, 0.4) is 0 Å². The zero-order chi connectivity index (χ0) is 23.1. The van der Waals surface area contributed by atoms with E-state index >= 15 is 0 Å². The van der Waals surface area contributed by atoms with Gasteiger partial charge in [0.1, 0.15) is 24.4 Å². The maximum atomic E-state index is 12.5. The molecule has 3 aromatic rings. The predicted molar refractivity (Wildman–Crippen MR) is 109 cm³/mol. The summed E-state index contributed by atoms with van der Waals surface area (Å²) < 4.78 is 56.9. The van der Waals surface area contributed by atoms with Gasteiger partial charge in [0.05, 0.1) is 23.7 Å². The van der Waals surface area contributed by atoms with Gasteiger partial charge < -0.3 is 18.7 Å². The van der Waals surface area contributed by atoms with Crippen molar-refractivity contribution in [3.8, 4) is 11.5 Å². The average molecular weight is 470 g/mol. The first kappa shape index (κ1) is 23.5. The molecular formula is C22H19ClF3NO5. The summed E-state index contributed by atoms with van der Waals surface area (Å²) in [4.78, 5) is 12.0. The Hall–Kier alpha value is -3.20. The van der Waals surface area contributed by atoms with Crippen molar-refractivity contribution in [3.05, 3.63) is 76.6 Å². The monoisotopic (exact) mass is 469 g/mol. The molecule has 1 atom stereocenters. The van der Waals surface area contributed by atoms with Crippen molar-refractivity contribution in [2.45, 2.75) is 32.2 Å². The highest BCUT2D eigenvalue weighted by molar-refractivity contribution is 6.32. The summed E-state index contributed by atoms with van der Waals surface area (Å²) in [6, 6.07) is 12.6. The van der Waals surface area contributed by atoms with Crippen LogP contribution in [-0.2, 0) is 16.1 Å². The standard InChI is InChI=1S/C22H19ClF3NO5/c1-2-29-21(28)12-17(19-9-10-31-27-19)15-4-6-16(7-5-15)30-13-14-3-8-18(23)20(11-14)32-22(24,25)26/h3-11,17H,2,12-13H2,1H3. The van der Waals surface area contributed by atoms with Crippen molar-refractivity contribution in [2.75, 3.05) is 6.61 Å². The molecule has 0 amide bonds. The molecule has 0 spiro atoms. The number of rotatable bonds is 9. The predicted octanol–water partition coefficient (Wildman–Crippen LogP) is 5.89. The summed E-state index contributed by atoms with van der Waals surface area (Å²) in [6.45, 7) is 2.01. The molecule has 1 aromatic heterocycles. The largest absolute Gasteiger partial charge is 0.573 e. The normalized spacial score (nSPS) is 12.3. The minimum atomic E-state index is -4.84. The quantitative estimate of drug-likeness (QED) is 0.364. The molecule has 0 radical (unpaired) electrons. The van der Waals surface area contributed by atoms with E-state index < -0.39 is 12.1 Å². The molecule has 2 aromatic carbocycles. The summed E-state index contributed by atoms with van der Waals surface area (Å²) in [5.41, 5.74) is 1.83. The fraction of sp³-hybridized carbons (Fsp3) is 0.273. The lowest BCUT2D eigenvalue weighted by molar-refractivity contribution is -0.274. The molecule has 1 heterocycles. The minimum absolute atomic E-state index is 0.000271. The van der Waals surface area contributed by atoms with Gasteiger partial charge in [-0.05, 0) is 42.3 Å². The smallest absolute Gasteiger partial charge is 0.489 e. The highest BCUT2D eigenvalue weighted by Gasteiger charge is 2.32. The Morgan fingerprint density at radius 1 is 1.16 bits per heavy atom. The molecular weight excluding hydrogens is 451 g/mol. The van der Waals surface area contributed by atoms with Gasteiger partial charge in [0, 0.05) is 12.0 Å². The van der Waals surface area contributed by atoms with Gasteiger partial charge in [0.15, 0.2) is 0 Å². The van der Waals surface area contributed by atoms with Crippen molar-refractivity contribution < 1.29 is 36.7 Å². The maximum absolute atomic E-state index is 12.5. The maximum Gasteiger partial charge on any atom is 0.573 e. The molecule has 0 saturated heterocycles. The first-order valence-electron chi connectivity index (χ1n) is 9.58. The highest BCUT2D eigenvalue weighted by Crippen LogP contribution is 2.32. The van der Waals surface area contributed by atoms with Gasteiger partial charge in [-0.15, -0.1) is 13.2 Å². The zero-order valence-corrected chi connectivity index (χ0v) is 17.7. The van der Waals surface area contributed by atoms with Gasteiger partial charge >= 0.3 is 12.3 Å². The van der Waals surface area contributed by atoms with Gasteiger partial charge in [-0.3, -0.25) is 4.79 Å². The molecule has 170 valence electrons. The van der Waals surface area contributed by atoms with Crippen molar-refractivity contribution in [3.63, 3.8) is 0 Å². The lowest BCUT2D eigenvalue weighted by atomic mass is 9.92. The second kappa shape index (κ2) is 10.4. The van der Waals surface area contributed by atoms with Crippen molar-refractivity contribution in [1.82, 2.24) is 5.16 Å². The number of carbonyl (C=O) groups is 1. The fourth-order valence-electron chi connectivity index (χ4n) is 2.98. The molecule has 32 heavy (non-hydrogen) atoms. The number of aromatic nitrogens is 1. The molecule has 0 N–H and O–H groups in total. The number of nitrogens with zero attached hydrogens (tertiary/aromatic N) is 1. The van der Waals surface area contributed by atoms with Crippen LogP contribution in [0, 0.1) is 0 Å². The van der Waals surface area contributed by atoms with Crippen LogP contribution in [0.15, 0.2) is 59.3 Å². The minimum Gasteiger partial charge on any atom is -0.489 e. The van der Waals surface area contributed by atoms with E-state index in [2.05, 4.69) is 9.89 Å². The van der Waals surface area contributed by atoms with Gasteiger partial charge in [-0.1, -0.05) is 35.0 Å². The van der Waals surface area contributed by atoms with Crippen LogP contribution in [0.25, 0.3) is 0 Å². The van der Waals surface area contributed by atoms with Crippen molar-refractivity contribution >= 4 is 17.6 Å². The number of ether oxygens (including phenoxy) is 3. The highest BCUT2D eigenvalue weighted by atomic mass is 35.5. The van der Waals surface area contributed by atoms with E-state index in [1.165, 1.54) is 18.4 Å². The van der Waals surface area contributed by atoms with Gasteiger partial charge in [0.2, 0.25) is 0 Å². The molecule has 0 aliphatic heterocycles. The average Bonchev–Trinajstić information content (AvgIpc) is 3.27. The van der Waals surface area contributed by atoms with E-state index in [9.17, 15) is 18.0 Å². The third-order valence-electron chi connectivity index (χ3n) is 4.40. The summed E-state index contributed by atoms with van der Waals surface area (Å²) in [5, 5.41) is 3.77. The molecule has 0 saturated carbocycles. The Kier molecular flexibility index (Phi) is 7.63. The number of halogens is 4. The van der Waals surface area contributed by atoms with Gasteiger partial charge in [-0.2, -0.15) is 0 Å². The van der Waals surface area contributed by atoms with Crippen LogP contribution >= 0.6 is 11.6 Å². The lowest BCUT2D eigenvalue weighted by Crippen LogP contribution is -2.17. The SMILES string of the molecule is CCOC(=O)CC(c1ccc(OCc2ccc(Cl)c(OC(F)(F)F)c2)cc1)c1ccon1. The molecule has 1 unspecified atom stereocenters. The van der Waals surface area contributed by atoms with Gasteiger partial charge in [-0.25, -0.2) is 0 Å². The third-order valence-corrected chi connectivity index (χ3v) is 4.71. The number of hydrogen-bond donors (Lipinski definition) is 0. The molecule has 0 aliphatic rings. The second-order valence-corrected chi connectivity index (χ2v) is 7.06. The number of esters is 1. The van der Waals surface area contributed by atoms with E-state index in [1.807, 2.05) is 0 Å². The summed E-state index contributed by atoms with van der Waals surface area (Å²) in [7, 11) is 0. The fourth-order valence-corrected chi connectivity index (χ4v) is 3.14. The van der Waals surface area contributed by atoms with E-state index in [-0.39, 0.29) is 36.5 Å². The number of carbonyl (C=O) groups excluding carboxylic acids is 1. The Labute approximate surface area is 186 Å². The Morgan fingerprint density at radius 2 is 1.91 bits per heavy atom. The molecule has 0 bridgehead atoms. The zero-order valence-electron chi connectivity index (χ0n) is 16.9. The van der Waals surface area contributed by atoms with Crippen molar-refractivity contribution in [2.24, 2.45) is 0 Å². The molecule has 3 rings (SSSR count). The third kappa shape index (κ3) is 6.65. The van der Waals surface area contributed by atoms with Crippen LogP contribution in [-0.4, -0.2) is 24.1 Å². The number of alkyl halides is 3. The molecule has 10 heteroatoms. The Balaban J connectivity index is 1.69. The summed E-state index contributed by atoms with van der Waals surface area (Å²) >= 11 is 5.75. The molecule has 6 nitrogen and oxygen atoms in total. The van der Waals surface area contributed by atoms with Crippen LogP contribution < -0.4 is 9.47 Å². The second-order valence-electron chi connectivity index (χ2n) is 6.66. The van der Waals surface area contributed by atoms with E-state index in [0.29, 0.717) is 17.0 Å². The topological polar surface area (TPSA) is 70.8 Å². The van der Waals surface area contributed by atoms with Crippen LogP contribution in [0.1, 0.15) is 36.1 Å². The lowest BCUT2D eigenvalue weighted by Gasteiger charge is -2.15. The van der Waals surface area contributed by atoms with E-state index in [1.54, 1.807) is 43.3 Å². The van der Waals surface area contributed by atoms with Crippen LogP contribution in [0.5, 0.6) is 11.5 Å². The van der Waals surface area contributed by atoms with Crippen LogP contribution in [0.2, 0.25) is 5.02 Å². The molecule has 0 fully saturated rings.